The molecular weight excluding hydrogens is 266 g/mol. The van der Waals surface area contributed by atoms with Crippen LogP contribution in [-0.2, 0) is 11.3 Å². The largest absolute Gasteiger partial charge is 0.477 e. The van der Waals surface area contributed by atoms with E-state index in [9.17, 15) is 9.59 Å². The zero-order chi connectivity index (χ0) is 14.8. The van der Waals surface area contributed by atoms with Crippen molar-refractivity contribution in [2.45, 2.75) is 40.3 Å². The van der Waals surface area contributed by atoms with Crippen molar-refractivity contribution in [2.75, 3.05) is 0 Å². The van der Waals surface area contributed by atoms with Crippen LogP contribution in [0.4, 0.5) is 0 Å². The summed E-state index contributed by atoms with van der Waals surface area (Å²) in [6.45, 7) is 7.47. The molecule has 1 heterocycles. The summed E-state index contributed by atoms with van der Waals surface area (Å²) in [6, 6.07) is -0.618. The number of amides is 1. The quantitative estimate of drug-likeness (QED) is 0.769. The normalized spacial score (nSPS) is 13.1. The second-order valence-corrected chi connectivity index (χ2v) is 6.47. The number of carbonyl (C=O) groups is 2. The maximum atomic E-state index is 11.8. The van der Waals surface area contributed by atoms with Crippen molar-refractivity contribution in [3.63, 3.8) is 0 Å². The van der Waals surface area contributed by atoms with Crippen LogP contribution in [-0.4, -0.2) is 28.0 Å². The first-order valence-electron chi connectivity index (χ1n) is 5.86. The second kappa shape index (κ2) is 5.66. The third-order valence-corrected chi connectivity index (χ3v) is 3.81. The van der Waals surface area contributed by atoms with Crippen LogP contribution in [0.1, 0.15) is 41.1 Å². The summed E-state index contributed by atoms with van der Waals surface area (Å²) in [5, 5.41) is 12.1. The number of rotatable bonds is 4. The number of nitrogens with zero attached hydrogens (tertiary/aromatic N) is 1. The van der Waals surface area contributed by atoms with Gasteiger partial charge in [0.25, 0.3) is 0 Å². The molecule has 7 heteroatoms. The van der Waals surface area contributed by atoms with Crippen molar-refractivity contribution in [3.05, 3.63) is 15.6 Å². The van der Waals surface area contributed by atoms with Gasteiger partial charge in [0.2, 0.25) is 5.91 Å². The van der Waals surface area contributed by atoms with E-state index < -0.39 is 12.0 Å². The molecule has 0 aromatic carbocycles. The van der Waals surface area contributed by atoms with Gasteiger partial charge in [-0.25, -0.2) is 9.78 Å². The molecule has 106 valence electrons. The van der Waals surface area contributed by atoms with E-state index in [0.29, 0.717) is 10.7 Å². The molecule has 0 aliphatic rings. The first kappa shape index (κ1) is 15.6. The SMILES string of the molecule is Cc1nc(CNC(=O)C(N)C(C)(C)C)sc1C(=O)O. The molecule has 1 aromatic heterocycles. The highest BCUT2D eigenvalue weighted by Gasteiger charge is 2.27. The Morgan fingerprint density at radius 3 is 2.47 bits per heavy atom. The fraction of sp³-hybridized carbons (Fsp3) is 0.583. The van der Waals surface area contributed by atoms with Gasteiger partial charge in [0.05, 0.1) is 18.3 Å². The molecule has 19 heavy (non-hydrogen) atoms. The monoisotopic (exact) mass is 285 g/mol. The van der Waals surface area contributed by atoms with Crippen molar-refractivity contribution >= 4 is 23.2 Å². The van der Waals surface area contributed by atoms with Gasteiger partial charge in [0, 0.05) is 0 Å². The molecule has 0 spiro atoms. The van der Waals surface area contributed by atoms with Crippen LogP contribution >= 0.6 is 11.3 Å². The lowest BCUT2D eigenvalue weighted by Gasteiger charge is -2.25. The Labute approximate surface area is 116 Å². The smallest absolute Gasteiger partial charge is 0.347 e. The maximum Gasteiger partial charge on any atom is 0.347 e. The standard InChI is InChI=1S/C12H19N3O3S/c1-6-8(11(17)18)19-7(15-6)5-14-10(16)9(13)12(2,3)4/h9H,5,13H2,1-4H3,(H,14,16)(H,17,18). The van der Waals surface area contributed by atoms with E-state index in [1.54, 1.807) is 6.92 Å². The zero-order valence-electron chi connectivity index (χ0n) is 11.5. The van der Waals surface area contributed by atoms with E-state index in [1.165, 1.54) is 0 Å². The number of nitrogens with two attached hydrogens (primary N) is 1. The minimum absolute atomic E-state index is 0.196. The highest BCUT2D eigenvalue weighted by molar-refractivity contribution is 7.13. The lowest BCUT2D eigenvalue weighted by atomic mass is 9.87. The van der Waals surface area contributed by atoms with E-state index in [1.807, 2.05) is 20.8 Å². The second-order valence-electron chi connectivity index (χ2n) is 5.39. The van der Waals surface area contributed by atoms with Crippen LogP contribution in [0.15, 0.2) is 0 Å². The van der Waals surface area contributed by atoms with Crippen molar-refractivity contribution in [3.8, 4) is 0 Å². The van der Waals surface area contributed by atoms with Crippen LogP contribution in [0.2, 0.25) is 0 Å². The van der Waals surface area contributed by atoms with Crippen molar-refractivity contribution in [2.24, 2.45) is 11.1 Å². The van der Waals surface area contributed by atoms with Gasteiger partial charge in [0.15, 0.2) is 0 Å². The predicted octanol–water partition coefficient (Wildman–Crippen LogP) is 1.14. The molecule has 0 aliphatic heterocycles. The Kier molecular flexibility index (Phi) is 4.65. The molecule has 0 bridgehead atoms. The number of aromatic carboxylic acids is 1. The van der Waals surface area contributed by atoms with E-state index in [2.05, 4.69) is 10.3 Å². The third kappa shape index (κ3) is 4.00. The number of thiazole rings is 1. The fourth-order valence-electron chi connectivity index (χ4n) is 1.39. The average Bonchev–Trinajstić information content (AvgIpc) is 2.65. The van der Waals surface area contributed by atoms with Gasteiger partial charge in [-0.3, -0.25) is 4.79 Å². The Morgan fingerprint density at radius 2 is 2.05 bits per heavy atom. The van der Waals surface area contributed by atoms with Gasteiger partial charge in [-0.1, -0.05) is 20.8 Å². The maximum absolute atomic E-state index is 11.8. The third-order valence-electron chi connectivity index (χ3n) is 2.66. The minimum Gasteiger partial charge on any atom is -0.477 e. The molecule has 1 unspecified atom stereocenters. The van der Waals surface area contributed by atoms with Crippen molar-refractivity contribution in [1.29, 1.82) is 0 Å². The van der Waals surface area contributed by atoms with Gasteiger partial charge in [-0.15, -0.1) is 11.3 Å². The Balaban J connectivity index is 2.65. The minimum atomic E-state index is -1.00. The molecule has 1 rings (SSSR count). The first-order valence-corrected chi connectivity index (χ1v) is 6.67. The number of hydrogen-bond donors (Lipinski definition) is 3. The summed E-state index contributed by atoms with van der Waals surface area (Å²) in [5.74, 6) is -1.27. The molecule has 0 aliphatic carbocycles. The number of carboxylic acid groups (broad SMARTS) is 1. The Bertz CT molecular complexity index is 491. The molecule has 1 amide bonds. The summed E-state index contributed by atoms with van der Waals surface area (Å²) in [6.07, 6.45) is 0. The van der Waals surface area contributed by atoms with Crippen molar-refractivity contribution in [1.82, 2.24) is 10.3 Å². The van der Waals surface area contributed by atoms with Crippen LogP contribution in [0.25, 0.3) is 0 Å². The number of aryl methyl sites for hydroxylation is 1. The molecule has 0 radical (unpaired) electrons. The summed E-state index contributed by atoms with van der Waals surface area (Å²) in [5.41, 5.74) is 5.95. The number of nitrogens with one attached hydrogen (secondary N) is 1. The highest BCUT2D eigenvalue weighted by Crippen LogP contribution is 2.19. The van der Waals surface area contributed by atoms with Gasteiger partial charge in [-0.2, -0.15) is 0 Å². The van der Waals surface area contributed by atoms with E-state index >= 15 is 0 Å². The number of carboxylic acids is 1. The van der Waals surface area contributed by atoms with Gasteiger partial charge in [0.1, 0.15) is 9.88 Å². The first-order chi connectivity index (χ1) is 8.62. The highest BCUT2D eigenvalue weighted by atomic mass is 32.1. The average molecular weight is 285 g/mol. The van der Waals surface area contributed by atoms with E-state index in [-0.39, 0.29) is 22.7 Å². The van der Waals surface area contributed by atoms with E-state index in [0.717, 1.165) is 11.3 Å². The van der Waals surface area contributed by atoms with Crippen LogP contribution < -0.4 is 11.1 Å². The molecule has 4 N–H and O–H groups in total. The summed E-state index contributed by atoms with van der Waals surface area (Å²) in [4.78, 5) is 27.0. The predicted molar refractivity (Wildman–Crippen MR) is 73.1 cm³/mol. The topological polar surface area (TPSA) is 105 Å². The molecule has 0 saturated heterocycles. The van der Waals surface area contributed by atoms with Gasteiger partial charge < -0.3 is 16.2 Å². The van der Waals surface area contributed by atoms with Crippen molar-refractivity contribution < 1.29 is 14.7 Å². The van der Waals surface area contributed by atoms with Crippen LogP contribution in [0.5, 0.6) is 0 Å². The number of aromatic nitrogens is 1. The van der Waals surface area contributed by atoms with Gasteiger partial charge in [-0.05, 0) is 12.3 Å². The van der Waals surface area contributed by atoms with Crippen LogP contribution in [0.3, 0.4) is 0 Å². The summed E-state index contributed by atoms with van der Waals surface area (Å²) in [7, 11) is 0. The number of carbonyl (C=O) groups excluding carboxylic acids is 1. The lowest BCUT2D eigenvalue weighted by molar-refractivity contribution is -0.124. The molecule has 0 saturated carbocycles. The molecular formula is C12H19N3O3S. The Hall–Kier alpha value is -1.47. The molecule has 1 aromatic rings. The zero-order valence-corrected chi connectivity index (χ0v) is 12.3. The van der Waals surface area contributed by atoms with Crippen LogP contribution in [0, 0.1) is 12.3 Å². The fourth-order valence-corrected chi connectivity index (χ4v) is 2.24. The Morgan fingerprint density at radius 1 is 1.47 bits per heavy atom. The summed E-state index contributed by atoms with van der Waals surface area (Å²) >= 11 is 1.06. The molecule has 6 nitrogen and oxygen atoms in total. The lowest BCUT2D eigenvalue weighted by Crippen LogP contribution is -2.48. The summed E-state index contributed by atoms with van der Waals surface area (Å²) < 4.78 is 0. The molecule has 0 fully saturated rings. The van der Waals surface area contributed by atoms with E-state index in [4.69, 9.17) is 10.8 Å². The van der Waals surface area contributed by atoms with Gasteiger partial charge >= 0.3 is 5.97 Å². The number of hydrogen-bond acceptors (Lipinski definition) is 5. The molecule has 1 atom stereocenters.